The molecule has 0 radical (unpaired) electrons. The van der Waals surface area contributed by atoms with Gasteiger partial charge >= 0.3 is 0 Å². The smallest absolute Gasteiger partial charge is 0.259 e. The van der Waals surface area contributed by atoms with Crippen molar-refractivity contribution in [1.29, 1.82) is 0 Å². The third kappa shape index (κ3) is 2.93. The average molecular weight is 337 g/mol. The van der Waals surface area contributed by atoms with Gasteiger partial charge in [-0.25, -0.2) is 4.98 Å². The van der Waals surface area contributed by atoms with Crippen molar-refractivity contribution in [2.45, 2.75) is 44.6 Å². The molecule has 1 aliphatic carbocycles. The van der Waals surface area contributed by atoms with Crippen molar-refractivity contribution < 1.29 is 9.32 Å². The number of fused-ring (bicyclic) bond motifs is 1. The van der Waals surface area contributed by atoms with Gasteiger partial charge in [-0.05, 0) is 38.7 Å². The quantitative estimate of drug-likeness (QED) is 0.910. The van der Waals surface area contributed by atoms with E-state index in [2.05, 4.69) is 10.1 Å². The van der Waals surface area contributed by atoms with E-state index in [1.54, 1.807) is 0 Å². The third-order valence-electron chi connectivity index (χ3n) is 4.61. The number of amides is 1. The molecule has 2 N–H and O–H groups in total. The summed E-state index contributed by atoms with van der Waals surface area (Å²) >= 11 is 0. The monoisotopic (exact) mass is 336 g/mol. The van der Waals surface area contributed by atoms with Crippen LogP contribution >= 0.6 is 12.4 Å². The summed E-state index contributed by atoms with van der Waals surface area (Å²) in [4.78, 5) is 19.4. The summed E-state index contributed by atoms with van der Waals surface area (Å²) in [5, 5.41) is 4.73. The molecule has 1 atom stereocenters. The number of halogens is 1. The van der Waals surface area contributed by atoms with E-state index >= 15 is 0 Å². The largest absolute Gasteiger partial charge is 0.337 e. The lowest BCUT2D eigenvalue weighted by Crippen LogP contribution is -2.45. The number of hydrogen-bond donors (Lipinski definition) is 1. The van der Waals surface area contributed by atoms with Gasteiger partial charge in [0.1, 0.15) is 0 Å². The zero-order valence-electron chi connectivity index (χ0n) is 13.1. The number of carbonyl (C=O) groups excluding carboxylic acids is 1. The van der Waals surface area contributed by atoms with Crippen LogP contribution in [0.25, 0.3) is 11.1 Å². The number of pyridine rings is 1. The summed E-state index contributed by atoms with van der Waals surface area (Å²) in [6.45, 7) is 3.23. The van der Waals surface area contributed by atoms with Crippen LogP contribution in [0, 0.1) is 6.92 Å². The van der Waals surface area contributed by atoms with Crippen molar-refractivity contribution >= 4 is 29.4 Å². The van der Waals surface area contributed by atoms with Crippen LogP contribution in [0.3, 0.4) is 0 Å². The Morgan fingerprint density at radius 2 is 2.17 bits per heavy atom. The first-order chi connectivity index (χ1) is 10.6. The van der Waals surface area contributed by atoms with Crippen LogP contribution < -0.4 is 5.73 Å². The maximum Gasteiger partial charge on any atom is 0.259 e. The summed E-state index contributed by atoms with van der Waals surface area (Å²) in [6.07, 6.45) is 4.20. The zero-order valence-corrected chi connectivity index (χ0v) is 13.9. The Bertz CT molecular complexity index is 741. The van der Waals surface area contributed by atoms with Crippen molar-refractivity contribution in [3.05, 3.63) is 23.0 Å². The summed E-state index contributed by atoms with van der Waals surface area (Å²) in [7, 11) is 0. The fourth-order valence-electron chi connectivity index (χ4n) is 3.24. The number of aromatic nitrogens is 2. The second kappa shape index (κ2) is 6.09. The number of nitrogens with two attached hydrogens (primary N) is 1. The van der Waals surface area contributed by atoms with E-state index in [9.17, 15) is 4.79 Å². The van der Waals surface area contributed by atoms with Gasteiger partial charge < -0.3 is 15.2 Å². The molecule has 2 aliphatic rings. The predicted octanol–water partition coefficient (Wildman–Crippen LogP) is 2.39. The summed E-state index contributed by atoms with van der Waals surface area (Å²) in [6, 6.07) is 2.01. The lowest BCUT2D eigenvalue weighted by Gasteiger charge is -2.31. The van der Waals surface area contributed by atoms with Crippen LogP contribution in [0.4, 0.5) is 0 Å². The Balaban J connectivity index is 0.00000156. The van der Waals surface area contributed by atoms with E-state index in [-0.39, 0.29) is 24.4 Å². The number of carbonyl (C=O) groups is 1. The van der Waals surface area contributed by atoms with Crippen molar-refractivity contribution in [3.8, 4) is 0 Å². The Morgan fingerprint density at radius 3 is 2.87 bits per heavy atom. The molecule has 2 aromatic heterocycles. The van der Waals surface area contributed by atoms with Crippen molar-refractivity contribution in [3.63, 3.8) is 0 Å². The van der Waals surface area contributed by atoms with Crippen LogP contribution in [0.2, 0.25) is 0 Å². The molecule has 4 rings (SSSR count). The Labute approximate surface area is 140 Å². The van der Waals surface area contributed by atoms with Gasteiger partial charge in [-0.2, -0.15) is 0 Å². The molecule has 1 saturated carbocycles. The Kier molecular flexibility index (Phi) is 4.29. The molecule has 7 heteroatoms. The number of hydrogen-bond acceptors (Lipinski definition) is 5. The Hall–Kier alpha value is -1.66. The van der Waals surface area contributed by atoms with Crippen LogP contribution in [0.5, 0.6) is 0 Å². The number of likely N-dealkylation sites (tertiary alicyclic amines) is 1. The lowest BCUT2D eigenvalue weighted by atomic mass is 10.0. The van der Waals surface area contributed by atoms with Crippen LogP contribution in [0.1, 0.15) is 53.3 Å². The van der Waals surface area contributed by atoms with Gasteiger partial charge in [0.25, 0.3) is 11.6 Å². The van der Waals surface area contributed by atoms with Gasteiger partial charge in [-0.3, -0.25) is 4.79 Å². The number of nitrogens with zero attached hydrogens (tertiary/aromatic N) is 3. The van der Waals surface area contributed by atoms with Gasteiger partial charge in [0.05, 0.1) is 16.6 Å². The van der Waals surface area contributed by atoms with E-state index in [1.807, 2.05) is 17.9 Å². The first-order valence-corrected chi connectivity index (χ1v) is 7.95. The van der Waals surface area contributed by atoms with E-state index in [0.29, 0.717) is 23.7 Å². The highest BCUT2D eigenvalue weighted by Gasteiger charge is 2.30. The van der Waals surface area contributed by atoms with Gasteiger partial charge in [0, 0.05) is 30.7 Å². The van der Waals surface area contributed by atoms with Crippen molar-refractivity contribution in [2.75, 3.05) is 13.1 Å². The third-order valence-corrected chi connectivity index (χ3v) is 4.61. The fourth-order valence-corrected chi connectivity index (χ4v) is 3.24. The molecule has 0 aromatic carbocycles. The van der Waals surface area contributed by atoms with Crippen molar-refractivity contribution in [1.82, 2.24) is 15.0 Å². The minimum atomic E-state index is 0. The molecule has 23 heavy (non-hydrogen) atoms. The fraction of sp³-hybridized carbons (Fsp3) is 0.562. The molecule has 1 aliphatic heterocycles. The molecule has 1 amide bonds. The maximum absolute atomic E-state index is 13.0. The van der Waals surface area contributed by atoms with Crippen molar-refractivity contribution in [2.24, 2.45) is 5.73 Å². The van der Waals surface area contributed by atoms with Crippen LogP contribution in [0.15, 0.2) is 10.6 Å². The molecule has 6 nitrogen and oxygen atoms in total. The van der Waals surface area contributed by atoms with Crippen LogP contribution in [-0.4, -0.2) is 40.1 Å². The second-order valence-corrected chi connectivity index (χ2v) is 6.47. The number of aryl methyl sites for hydroxylation is 1. The number of piperidine rings is 1. The minimum Gasteiger partial charge on any atom is -0.337 e. The molecule has 2 fully saturated rings. The van der Waals surface area contributed by atoms with Gasteiger partial charge in [0.15, 0.2) is 0 Å². The molecule has 1 unspecified atom stereocenters. The SMILES string of the molecule is Cc1noc2nc(C3CC3)cc(C(=O)N3CCCC(N)C3)c12.Cl. The lowest BCUT2D eigenvalue weighted by molar-refractivity contribution is 0.0710. The highest BCUT2D eigenvalue weighted by molar-refractivity contribution is 6.06. The molecular weight excluding hydrogens is 316 g/mol. The molecule has 0 bridgehead atoms. The summed E-state index contributed by atoms with van der Waals surface area (Å²) in [5.41, 5.74) is 8.83. The van der Waals surface area contributed by atoms with E-state index in [1.165, 1.54) is 0 Å². The average Bonchev–Trinajstić information content (AvgIpc) is 3.30. The normalized spacial score (nSPS) is 21.3. The highest BCUT2D eigenvalue weighted by atomic mass is 35.5. The second-order valence-electron chi connectivity index (χ2n) is 6.47. The van der Waals surface area contributed by atoms with E-state index < -0.39 is 0 Å². The Morgan fingerprint density at radius 1 is 1.39 bits per heavy atom. The zero-order chi connectivity index (χ0) is 15.3. The molecule has 1 saturated heterocycles. The highest BCUT2D eigenvalue weighted by Crippen LogP contribution is 2.40. The molecule has 3 heterocycles. The van der Waals surface area contributed by atoms with Crippen LogP contribution in [-0.2, 0) is 0 Å². The van der Waals surface area contributed by atoms with Gasteiger partial charge in [-0.1, -0.05) is 5.16 Å². The molecule has 124 valence electrons. The molecule has 2 aromatic rings. The maximum atomic E-state index is 13.0. The van der Waals surface area contributed by atoms with E-state index in [0.717, 1.165) is 49.0 Å². The van der Waals surface area contributed by atoms with Gasteiger partial charge in [0.2, 0.25) is 0 Å². The first-order valence-electron chi connectivity index (χ1n) is 7.95. The predicted molar refractivity (Wildman–Crippen MR) is 88.9 cm³/mol. The number of rotatable bonds is 2. The van der Waals surface area contributed by atoms with Gasteiger partial charge in [-0.15, -0.1) is 12.4 Å². The topological polar surface area (TPSA) is 85.2 Å². The standard InChI is InChI=1S/C16H20N4O2.ClH/c1-9-14-12(16(21)20-6-2-3-11(17)8-20)7-13(10-4-5-10)18-15(14)22-19-9;/h7,10-11H,2-6,8,17H2,1H3;1H. The van der Waals surface area contributed by atoms with E-state index in [4.69, 9.17) is 10.3 Å². The summed E-state index contributed by atoms with van der Waals surface area (Å²) in [5.74, 6) is 0.487. The first kappa shape index (κ1) is 16.2. The summed E-state index contributed by atoms with van der Waals surface area (Å²) < 4.78 is 5.31. The molecular formula is C16H21ClN4O2. The molecule has 0 spiro atoms. The minimum absolute atomic E-state index is 0.